The molecule has 158 valence electrons. The third-order valence-electron chi connectivity index (χ3n) is 8.61. The lowest BCUT2D eigenvalue weighted by molar-refractivity contribution is -0.125. The molecule has 2 heterocycles. The second-order valence-electron chi connectivity index (χ2n) is 10.0. The van der Waals surface area contributed by atoms with Gasteiger partial charge in [-0.2, -0.15) is 0 Å². The number of ether oxygens (including phenoxy) is 1. The molecule has 5 fully saturated rings. The van der Waals surface area contributed by atoms with E-state index in [4.69, 9.17) is 9.73 Å². The average molecular weight is 389 g/mol. The molecule has 0 radical (unpaired) electrons. The minimum Gasteiger partial charge on any atom is -0.377 e. The summed E-state index contributed by atoms with van der Waals surface area (Å²) in [5.74, 6) is 1.77. The van der Waals surface area contributed by atoms with Crippen LogP contribution < -0.4 is 10.6 Å². The number of nitrogens with one attached hydrogen (secondary N) is 2. The van der Waals surface area contributed by atoms with Crippen molar-refractivity contribution in [2.24, 2.45) is 16.3 Å². The molecule has 2 N–H and O–H groups in total. The van der Waals surface area contributed by atoms with E-state index in [1.54, 1.807) is 0 Å². The minimum absolute atomic E-state index is 0.392. The van der Waals surface area contributed by atoms with Crippen molar-refractivity contribution in [1.29, 1.82) is 0 Å². The van der Waals surface area contributed by atoms with E-state index in [0.717, 1.165) is 25.2 Å². The normalized spacial score (nSPS) is 36.6. The second kappa shape index (κ2) is 8.14. The fourth-order valence-electron chi connectivity index (χ4n) is 7.21. The third-order valence-corrected chi connectivity index (χ3v) is 8.61. The molecule has 0 aromatic heterocycles. The summed E-state index contributed by atoms with van der Waals surface area (Å²) in [5.41, 5.74) is 0.392. The van der Waals surface area contributed by atoms with Crippen molar-refractivity contribution in [2.75, 3.05) is 26.2 Å². The highest BCUT2D eigenvalue weighted by atomic mass is 16.5. The van der Waals surface area contributed by atoms with Crippen LogP contribution in [0.3, 0.4) is 0 Å². The average Bonchev–Trinajstić information content (AvgIpc) is 3.48. The monoisotopic (exact) mass is 388 g/mol. The smallest absolute Gasteiger partial charge is 0.191 e. The standard InChI is InChI=1S/C23H40N4O/c1-2-24-22(25-17-9-14-27(15-10-17)18-7-3-4-8-18)26-20-19-11-16-28-21(19)23(20)12-5-6-13-23/h17-21H,2-16H2,1H3,(H2,24,25,26). The van der Waals surface area contributed by atoms with E-state index in [1.165, 1.54) is 83.7 Å². The van der Waals surface area contributed by atoms with E-state index in [0.29, 0.717) is 29.5 Å². The minimum atomic E-state index is 0.392. The van der Waals surface area contributed by atoms with Gasteiger partial charge in [-0.3, -0.25) is 4.99 Å². The van der Waals surface area contributed by atoms with Crippen molar-refractivity contribution < 1.29 is 4.74 Å². The Morgan fingerprint density at radius 1 is 1.00 bits per heavy atom. The summed E-state index contributed by atoms with van der Waals surface area (Å²) < 4.78 is 6.17. The Morgan fingerprint density at radius 3 is 2.46 bits per heavy atom. The van der Waals surface area contributed by atoms with Gasteiger partial charge in [0.2, 0.25) is 0 Å². The lowest BCUT2D eigenvalue weighted by Gasteiger charge is -2.57. The van der Waals surface area contributed by atoms with E-state index >= 15 is 0 Å². The number of fused-ring (bicyclic) bond motifs is 2. The molecule has 3 atom stereocenters. The van der Waals surface area contributed by atoms with Crippen molar-refractivity contribution in [3.63, 3.8) is 0 Å². The first kappa shape index (κ1) is 19.2. The first-order valence-electron chi connectivity index (χ1n) is 12.2. The number of aliphatic imine (C=N–C) groups is 1. The SMILES string of the molecule is CCN=C(NC1CCN(C2CCCC2)CC1)NC1C2CCOC2C12CCCC2. The van der Waals surface area contributed by atoms with Gasteiger partial charge in [-0.05, 0) is 51.9 Å². The number of rotatable bonds is 4. The molecular weight excluding hydrogens is 348 g/mol. The highest BCUT2D eigenvalue weighted by molar-refractivity contribution is 5.80. The maximum absolute atomic E-state index is 6.17. The highest BCUT2D eigenvalue weighted by Gasteiger charge is 2.65. The zero-order valence-corrected chi connectivity index (χ0v) is 17.8. The molecule has 28 heavy (non-hydrogen) atoms. The number of piperidine rings is 1. The molecule has 5 nitrogen and oxygen atoms in total. The maximum atomic E-state index is 6.17. The van der Waals surface area contributed by atoms with Gasteiger partial charge in [0.1, 0.15) is 0 Å². The van der Waals surface area contributed by atoms with Gasteiger partial charge in [-0.25, -0.2) is 0 Å². The largest absolute Gasteiger partial charge is 0.377 e. The van der Waals surface area contributed by atoms with Gasteiger partial charge in [0.15, 0.2) is 5.96 Å². The van der Waals surface area contributed by atoms with Gasteiger partial charge < -0.3 is 20.3 Å². The second-order valence-corrected chi connectivity index (χ2v) is 10.0. The van der Waals surface area contributed by atoms with Crippen LogP contribution in [0.4, 0.5) is 0 Å². The predicted octanol–water partition coefficient (Wildman–Crippen LogP) is 3.30. The summed E-state index contributed by atoms with van der Waals surface area (Å²) in [5, 5.41) is 7.74. The van der Waals surface area contributed by atoms with E-state index in [-0.39, 0.29) is 0 Å². The first-order chi connectivity index (χ1) is 13.8. The molecule has 0 aromatic carbocycles. The molecule has 1 spiro atoms. The summed E-state index contributed by atoms with van der Waals surface area (Å²) in [6.07, 6.45) is 15.4. The van der Waals surface area contributed by atoms with Gasteiger partial charge >= 0.3 is 0 Å². The van der Waals surface area contributed by atoms with E-state index in [9.17, 15) is 0 Å². The Labute approximate surface area is 171 Å². The van der Waals surface area contributed by atoms with Crippen LogP contribution >= 0.6 is 0 Å². The van der Waals surface area contributed by atoms with Gasteiger partial charge in [0, 0.05) is 55.7 Å². The summed E-state index contributed by atoms with van der Waals surface area (Å²) >= 11 is 0. The molecule has 0 bridgehead atoms. The lowest BCUT2D eigenvalue weighted by Crippen LogP contribution is -2.69. The summed E-state index contributed by atoms with van der Waals surface area (Å²) in [6.45, 7) is 6.48. The fourth-order valence-corrected chi connectivity index (χ4v) is 7.21. The summed E-state index contributed by atoms with van der Waals surface area (Å²) in [4.78, 5) is 7.60. The quantitative estimate of drug-likeness (QED) is 0.573. The zero-order valence-electron chi connectivity index (χ0n) is 17.8. The van der Waals surface area contributed by atoms with Crippen LogP contribution in [0, 0.1) is 11.3 Å². The molecule has 5 aliphatic rings. The van der Waals surface area contributed by atoms with Crippen molar-refractivity contribution in [3.05, 3.63) is 0 Å². The van der Waals surface area contributed by atoms with Crippen LogP contribution in [-0.4, -0.2) is 61.3 Å². The highest BCUT2D eigenvalue weighted by Crippen LogP contribution is 2.60. The zero-order chi connectivity index (χ0) is 19.0. The van der Waals surface area contributed by atoms with Crippen molar-refractivity contribution in [1.82, 2.24) is 15.5 Å². The third kappa shape index (κ3) is 3.36. The topological polar surface area (TPSA) is 48.9 Å². The Morgan fingerprint density at radius 2 is 1.75 bits per heavy atom. The molecule has 3 unspecified atom stereocenters. The van der Waals surface area contributed by atoms with Crippen LogP contribution in [0.5, 0.6) is 0 Å². The van der Waals surface area contributed by atoms with Crippen molar-refractivity contribution >= 4 is 5.96 Å². The molecule has 2 aliphatic heterocycles. The van der Waals surface area contributed by atoms with Gasteiger partial charge in [-0.1, -0.05) is 25.7 Å². The first-order valence-corrected chi connectivity index (χ1v) is 12.2. The maximum Gasteiger partial charge on any atom is 0.191 e. The number of likely N-dealkylation sites (tertiary alicyclic amines) is 1. The van der Waals surface area contributed by atoms with Gasteiger partial charge in [-0.15, -0.1) is 0 Å². The Kier molecular flexibility index (Phi) is 5.57. The molecule has 3 saturated carbocycles. The molecule has 2 saturated heterocycles. The van der Waals surface area contributed by atoms with Crippen molar-refractivity contribution in [2.45, 2.75) is 102 Å². The molecule has 5 rings (SSSR count). The number of guanidine groups is 1. The number of nitrogens with zero attached hydrogens (tertiary/aromatic N) is 2. The molecule has 5 heteroatoms. The Balaban J connectivity index is 1.18. The fraction of sp³-hybridized carbons (Fsp3) is 0.957. The summed E-state index contributed by atoms with van der Waals surface area (Å²) in [7, 11) is 0. The molecule has 3 aliphatic carbocycles. The van der Waals surface area contributed by atoms with E-state index in [2.05, 4.69) is 22.5 Å². The number of hydrogen-bond donors (Lipinski definition) is 2. The van der Waals surface area contributed by atoms with Crippen LogP contribution in [0.15, 0.2) is 4.99 Å². The Bertz CT molecular complexity index is 559. The van der Waals surface area contributed by atoms with E-state index < -0.39 is 0 Å². The molecule has 0 aromatic rings. The van der Waals surface area contributed by atoms with Crippen LogP contribution in [0.1, 0.15) is 77.6 Å². The molecule has 0 amide bonds. The van der Waals surface area contributed by atoms with Crippen LogP contribution in [0.2, 0.25) is 0 Å². The number of hydrogen-bond acceptors (Lipinski definition) is 3. The van der Waals surface area contributed by atoms with Gasteiger partial charge in [0.25, 0.3) is 0 Å². The molecular formula is C23H40N4O. The Hall–Kier alpha value is -0.810. The predicted molar refractivity (Wildman–Crippen MR) is 114 cm³/mol. The van der Waals surface area contributed by atoms with Crippen LogP contribution in [0.25, 0.3) is 0 Å². The van der Waals surface area contributed by atoms with Crippen molar-refractivity contribution in [3.8, 4) is 0 Å². The summed E-state index contributed by atoms with van der Waals surface area (Å²) in [6, 6.07) is 2.02. The lowest BCUT2D eigenvalue weighted by atomic mass is 9.54. The van der Waals surface area contributed by atoms with Crippen LogP contribution in [-0.2, 0) is 4.74 Å². The van der Waals surface area contributed by atoms with E-state index in [1.807, 2.05) is 0 Å². The van der Waals surface area contributed by atoms with Gasteiger partial charge in [0.05, 0.1) is 6.10 Å².